The van der Waals surface area contributed by atoms with Crippen LogP contribution in [-0.4, -0.2) is 96.7 Å². The van der Waals surface area contributed by atoms with Crippen molar-refractivity contribution in [3.05, 3.63) is 0 Å². The van der Waals surface area contributed by atoms with Gasteiger partial charge in [-0.15, -0.1) is 0 Å². The lowest BCUT2D eigenvalue weighted by molar-refractivity contribution is -0.161. The lowest BCUT2D eigenvalue weighted by Crippen LogP contribution is -2.30. The van der Waals surface area contributed by atoms with E-state index in [-0.39, 0.29) is 25.7 Å². The largest absolute Gasteiger partial charge is 0.472 e. The van der Waals surface area contributed by atoms with Crippen molar-refractivity contribution in [1.29, 1.82) is 0 Å². The number of carbonyl (C=O) groups excluding carboxylic acids is 4. The van der Waals surface area contributed by atoms with Gasteiger partial charge in [0.1, 0.15) is 19.3 Å². The van der Waals surface area contributed by atoms with Crippen molar-refractivity contribution in [2.75, 3.05) is 39.6 Å². The van der Waals surface area contributed by atoms with E-state index in [0.717, 1.165) is 95.8 Å². The number of rotatable bonds is 65. The molecule has 0 rings (SSSR count). The SMILES string of the molecule is CCCCCCCCCCCCCCC(=O)OC[C@H](COP(=O)(O)OC[C@@H](O)COP(=O)(O)OC[C@@H](COC(=O)CCCCCCCCCCC)OC(=O)CCCCCCCCCCCCC)OC(=O)CCCCCCCCCCC(C)CC. The summed E-state index contributed by atoms with van der Waals surface area (Å²) < 4.78 is 68.0. The summed E-state index contributed by atoms with van der Waals surface area (Å²) in [5, 5.41) is 10.5. The van der Waals surface area contributed by atoms with E-state index in [2.05, 4.69) is 34.6 Å². The molecule has 0 saturated heterocycles. The highest BCUT2D eigenvalue weighted by Gasteiger charge is 2.30. The molecule has 0 aromatic rings. The average molecular weight is 1240 g/mol. The first kappa shape index (κ1) is 82.1. The second-order valence-electron chi connectivity index (χ2n) is 23.7. The Morgan fingerprint density at radius 1 is 0.333 bits per heavy atom. The quantitative estimate of drug-likeness (QED) is 0.0222. The van der Waals surface area contributed by atoms with Crippen molar-refractivity contribution in [1.82, 2.24) is 0 Å². The van der Waals surface area contributed by atoms with Gasteiger partial charge < -0.3 is 33.8 Å². The van der Waals surface area contributed by atoms with Gasteiger partial charge >= 0.3 is 39.5 Å². The van der Waals surface area contributed by atoms with Crippen LogP contribution in [0.3, 0.4) is 0 Å². The van der Waals surface area contributed by atoms with Gasteiger partial charge in [0.25, 0.3) is 0 Å². The van der Waals surface area contributed by atoms with E-state index in [1.165, 1.54) is 154 Å². The summed E-state index contributed by atoms with van der Waals surface area (Å²) in [6.45, 7) is 7.19. The minimum atomic E-state index is -4.94. The molecular formula is C65H126O17P2. The lowest BCUT2D eigenvalue weighted by Gasteiger charge is -2.21. The Bertz CT molecular complexity index is 1640. The zero-order valence-electron chi connectivity index (χ0n) is 54.0. The Hall–Kier alpha value is -1.94. The summed E-state index contributed by atoms with van der Waals surface area (Å²) in [7, 11) is -9.89. The third kappa shape index (κ3) is 57.8. The molecule has 19 heteroatoms. The first-order valence-electron chi connectivity index (χ1n) is 34.2. The van der Waals surface area contributed by atoms with Crippen molar-refractivity contribution in [3.63, 3.8) is 0 Å². The van der Waals surface area contributed by atoms with Crippen molar-refractivity contribution in [3.8, 4) is 0 Å². The molecule has 17 nitrogen and oxygen atoms in total. The maximum atomic E-state index is 13.0. The van der Waals surface area contributed by atoms with Gasteiger partial charge in [-0.2, -0.15) is 0 Å². The summed E-state index contributed by atoms with van der Waals surface area (Å²) in [4.78, 5) is 72.2. The van der Waals surface area contributed by atoms with Gasteiger partial charge in [-0.05, 0) is 31.6 Å². The monoisotopic (exact) mass is 1240 g/mol. The van der Waals surface area contributed by atoms with Gasteiger partial charge in [-0.1, -0.05) is 279 Å². The molecule has 3 unspecified atom stereocenters. The molecule has 0 amide bonds. The van der Waals surface area contributed by atoms with Crippen LogP contribution in [0.1, 0.15) is 330 Å². The van der Waals surface area contributed by atoms with E-state index in [4.69, 9.17) is 37.0 Å². The number of hydrogen-bond donors (Lipinski definition) is 3. The van der Waals surface area contributed by atoms with Crippen LogP contribution >= 0.6 is 15.6 Å². The van der Waals surface area contributed by atoms with Gasteiger partial charge in [0.05, 0.1) is 26.4 Å². The molecule has 84 heavy (non-hydrogen) atoms. The summed E-state index contributed by atoms with van der Waals surface area (Å²) in [5.41, 5.74) is 0. The van der Waals surface area contributed by atoms with Crippen LogP contribution in [0.4, 0.5) is 0 Å². The van der Waals surface area contributed by atoms with Gasteiger partial charge in [-0.25, -0.2) is 9.13 Å². The molecule has 0 bridgehead atoms. The van der Waals surface area contributed by atoms with E-state index < -0.39 is 97.5 Å². The smallest absolute Gasteiger partial charge is 0.462 e. The van der Waals surface area contributed by atoms with Crippen molar-refractivity contribution < 1.29 is 80.2 Å². The zero-order chi connectivity index (χ0) is 62.0. The van der Waals surface area contributed by atoms with Crippen molar-refractivity contribution in [2.24, 2.45) is 5.92 Å². The molecule has 0 saturated carbocycles. The van der Waals surface area contributed by atoms with Crippen LogP contribution in [-0.2, 0) is 65.4 Å². The molecule has 6 atom stereocenters. The molecule has 3 N–H and O–H groups in total. The molecule has 0 heterocycles. The van der Waals surface area contributed by atoms with E-state index in [0.29, 0.717) is 25.7 Å². The summed E-state index contributed by atoms with van der Waals surface area (Å²) >= 11 is 0. The van der Waals surface area contributed by atoms with Crippen LogP contribution in [0.2, 0.25) is 0 Å². The maximum Gasteiger partial charge on any atom is 0.472 e. The molecule has 0 spiro atoms. The summed E-state index contributed by atoms with van der Waals surface area (Å²) in [5.74, 6) is -1.36. The predicted octanol–water partition coefficient (Wildman–Crippen LogP) is 18.2. The highest BCUT2D eigenvalue weighted by molar-refractivity contribution is 7.47. The number of aliphatic hydroxyl groups is 1. The minimum Gasteiger partial charge on any atom is -0.462 e. The van der Waals surface area contributed by atoms with Gasteiger partial charge in [0, 0.05) is 25.7 Å². The summed E-state index contributed by atoms with van der Waals surface area (Å²) in [6, 6.07) is 0. The molecular weight excluding hydrogens is 1110 g/mol. The number of phosphoric ester groups is 2. The molecule has 0 aliphatic carbocycles. The molecule has 0 aromatic carbocycles. The maximum absolute atomic E-state index is 13.0. The number of aliphatic hydroxyl groups excluding tert-OH is 1. The predicted molar refractivity (Wildman–Crippen MR) is 335 cm³/mol. The molecule has 0 aliphatic rings. The zero-order valence-corrected chi connectivity index (χ0v) is 55.8. The molecule has 498 valence electrons. The second kappa shape index (κ2) is 58.7. The molecule has 0 aliphatic heterocycles. The van der Waals surface area contributed by atoms with Crippen LogP contribution < -0.4 is 0 Å². The van der Waals surface area contributed by atoms with Crippen molar-refractivity contribution in [2.45, 2.75) is 348 Å². The first-order chi connectivity index (χ1) is 40.6. The third-order valence-electron chi connectivity index (χ3n) is 15.4. The Kier molecular flexibility index (Phi) is 57.4. The minimum absolute atomic E-state index is 0.105. The van der Waals surface area contributed by atoms with Gasteiger partial charge in [0.15, 0.2) is 12.2 Å². The number of hydrogen-bond acceptors (Lipinski definition) is 15. The fourth-order valence-corrected chi connectivity index (χ4v) is 11.3. The molecule has 0 aromatic heterocycles. The Morgan fingerprint density at radius 2 is 0.571 bits per heavy atom. The number of ether oxygens (including phenoxy) is 4. The Balaban J connectivity index is 5.24. The molecule has 0 fully saturated rings. The third-order valence-corrected chi connectivity index (χ3v) is 17.3. The van der Waals surface area contributed by atoms with Gasteiger partial charge in [-0.3, -0.25) is 37.3 Å². The first-order valence-corrected chi connectivity index (χ1v) is 37.2. The number of esters is 4. The van der Waals surface area contributed by atoms with E-state index in [1.54, 1.807) is 0 Å². The van der Waals surface area contributed by atoms with E-state index >= 15 is 0 Å². The number of carbonyl (C=O) groups is 4. The van der Waals surface area contributed by atoms with Crippen LogP contribution in [0, 0.1) is 5.92 Å². The molecule has 0 radical (unpaired) electrons. The highest BCUT2D eigenvalue weighted by atomic mass is 31.2. The number of unbranched alkanes of at least 4 members (excludes halogenated alkanes) is 36. The summed E-state index contributed by atoms with van der Waals surface area (Å²) in [6.07, 6.45) is 42.9. The normalized spacial score (nSPS) is 14.5. The highest BCUT2D eigenvalue weighted by Crippen LogP contribution is 2.45. The van der Waals surface area contributed by atoms with E-state index in [9.17, 15) is 43.2 Å². The second-order valence-corrected chi connectivity index (χ2v) is 26.7. The van der Waals surface area contributed by atoms with Crippen molar-refractivity contribution >= 4 is 39.5 Å². The van der Waals surface area contributed by atoms with Crippen LogP contribution in [0.5, 0.6) is 0 Å². The van der Waals surface area contributed by atoms with E-state index in [1.807, 2.05) is 0 Å². The van der Waals surface area contributed by atoms with Gasteiger partial charge in [0.2, 0.25) is 0 Å². The average Bonchev–Trinajstić information content (AvgIpc) is 3.61. The standard InChI is InChI=1S/C65H126O17P2/c1-6-10-13-16-19-22-24-26-28-34-39-44-49-63(68)76-55-61(82-65(70)51-46-41-36-31-30-32-37-42-47-58(5)9-4)57-80-84(73,74)78-53-59(66)52-77-83(71,72)79-56-60(54-75-62(67)48-43-38-33-27-21-18-15-12-8-3)81-64(69)50-45-40-35-29-25-23-20-17-14-11-7-2/h58-61,66H,6-57H2,1-5H3,(H,71,72)(H,73,74)/t58?,59-,60+,61+/m0/s1. The topological polar surface area (TPSA) is 237 Å². The Morgan fingerprint density at radius 3 is 0.845 bits per heavy atom. The van der Waals surface area contributed by atoms with Crippen LogP contribution in [0.15, 0.2) is 0 Å². The number of phosphoric acid groups is 2. The fourth-order valence-electron chi connectivity index (χ4n) is 9.73. The van der Waals surface area contributed by atoms with Crippen LogP contribution in [0.25, 0.3) is 0 Å². The lowest BCUT2D eigenvalue weighted by atomic mass is 9.99. The Labute approximate surface area is 511 Å². The fraction of sp³-hybridized carbons (Fsp3) is 0.938.